The fraction of sp³-hybridized carbons (Fsp3) is 0.714. The summed E-state index contributed by atoms with van der Waals surface area (Å²) in [5, 5.41) is 0. The van der Waals surface area contributed by atoms with Gasteiger partial charge in [0.25, 0.3) is 0 Å². The van der Waals surface area contributed by atoms with E-state index in [9.17, 15) is 0 Å². The van der Waals surface area contributed by atoms with E-state index < -0.39 is 4.45 Å². The normalized spacial score (nSPS) is 15.4. The predicted octanol–water partition coefficient (Wildman–Crippen LogP) is 2.74. The first kappa shape index (κ1) is 14.4. The summed E-state index contributed by atoms with van der Waals surface area (Å²) in [6, 6.07) is 0. The molecule has 0 amide bonds. The number of hydrogen-bond donors (Lipinski definition) is 1. The van der Waals surface area contributed by atoms with Crippen LogP contribution in [0.1, 0.15) is 32.1 Å². The summed E-state index contributed by atoms with van der Waals surface area (Å²) < 4.78 is -0.556. The third-order valence-corrected chi connectivity index (χ3v) is 1.32. The van der Waals surface area contributed by atoms with Crippen LogP contribution in [0.5, 0.6) is 0 Å². The van der Waals surface area contributed by atoms with Crippen molar-refractivity contribution in [3.63, 3.8) is 0 Å². The van der Waals surface area contributed by atoms with Crippen molar-refractivity contribution < 1.29 is 25.2 Å². The molecule has 0 N–H and O–H groups in total. The van der Waals surface area contributed by atoms with Gasteiger partial charge in [-0.1, -0.05) is 19.3 Å². The second-order valence-corrected chi connectivity index (χ2v) is 3.27. The number of thiol groups is 1. The molecule has 0 aliphatic heterocycles. The monoisotopic (exact) mass is 282 g/mol. The molecular weight excluding hydrogens is 271 g/mol. The zero-order valence-corrected chi connectivity index (χ0v) is 9.46. The van der Waals surface area contributed by atoms with Crippen molar-refractivity contribution >= 4 is 29.7 Å². The van der Waals surface area contributed by atoms with Crippen LogP contribution in [0.4, 0.5) is 4.79 Å². The first-order chi connectivity index (χ1) is 4.73. The van der Waals surface area contributed by atoms with Crippen LogP contribution in [0, 0.1) is 6.42 Å². The van der Waals surface area contributed by atoms with Crippen LogP contribution in [0.2, 0.25) is 0 Å². The van der Waals surface area contributed by atoms with Gasteiger partial charge in [-0.2, -0.15) is 12.8 Å². The van der Waals surface area contributed by atoms with E-state index in [1.54, 1.807) is 0 Å². The van der Waals surface area contributed by atoms with Gasteiger partial charge in [0.1, 0.15) is 0 Å². The molecule has 0 spiro atoms. The van der Waals surface area contributed by atoms with Crippen LogP contribution in [-0.4, -0.2) is 4.45 Å². The molecule has 0 saturated heterocycles. The van der Waals surface area contributed by atoms with Gasteiger partial charge in [0, 0.05) is 0 Å². The van der Waals surface area contributed by atoms with Gasteiger partial charge >= 0.3 is 20.4 Å². The molecule has 1 fully saturated rings. The third kappa shape index (κ3) is 18.1. The van der Waals surface area contributed by atoms with E-state index in [1.807, 2.05) is 0 Å². The molecule has 4 heteroatoms. The Hall–Kier alpha value is 0.902. The van der Waals surface area contributed by atoms with E-state index in [2.05, 4.69) is 31.7 Å². The maximum atomic E-state index is 9.12. The number of carbonyl (C=O) groups is 1. The van der Waals surface area contributed by atoms with E-state index in [0.717, 1.165) is 0 Å². The summed E-state index contributed by atoms with van der Waals surface area (Å²) in [6.07, 6.45) is 9.50. The fourth-order valence-electron chi connectivity index (χ4n) is 0.898. The van der Waals surface area contributed by atoms with Crippen molar-refractivity contribution in [2.75, 3.05) is 0 Å². The van der Waals surface area contributed by atoms with E-state index in [0.29, 0.717) is 0 Å². The van der Waals surface area contributed by atoms with Gasteiger partial charge in [0.2, 0.25) is 0 Å². The molecule has 0 radical (unpaired) electrons. The topological polar surface area (TPSA) is 17.1 Å². The molecule has 0 atom stereocenters. The smallest absolute Gasteiger partial charge is 0.731 e. The first-order valence-corrected chi connectivity index (χ1v) is 4.30. The van der Waals surface area contributed by atoms with Crippen LogP contribution in [-0.2, 0) is 33.1 Å². The van der Waals surface area contributed by atoms with Crippen molar-refractivity contribution in [3.8, 4) is 0 Å². The maximum absolute atomic E-state index is 9.12. The van der Waals surface area contributed by atoms with E-state index in [1.165, 1.54) is 32.1 Å². The molecule has 0 unspecified atom stereocenters. The Bertz CT molecular complexity index is 78.9. The molecule has 1 rings (SSSR count). The summed E-state index contributed by atoms with van der Waals surface area (Å²) >= 11 is 6.99. The van der Waals surface area contributed by atoms with Crippen molar-refractivity contribution in [1.82, 2.24) is 0 Å². The molecule has 1 aliphatic carbocycles. The maximum Gasteiger partial charge on any atom is 2.00 e. The van der Waals surface area contributed by atoms with Gasteiger partial charge in [-0.25, -0.2) is 0 Å². The summed E-state index contributed by atoms with van der Waals surface area (Å²) in [4.78, 5) is 9.12. The second kappa shape index (κ2) is 10.9. The Labute approximate surface area is 93.2 Å². The first-order valence-electron chi connectivity index (χ1n) is 3.45. The van der Waals surface area contributed by atoms with Crippen molar-refractivity contribution in [1.29, 1.82) is 0 Å². The Balaban J connectivity index is 0. The summed E-state index contributed by atoms with van der Waals surface area (Å²) in [5.41, 5.74) is 0. The Morgan fingerprint density at radius 1 is 1.27 bits per heavy atom. The molecule has 0 aromatic carbocycles. The largest absolute Gasteiger partial charge is 2.00 e. The van der Waals surface area contributed by atoms with Crippen LogP contribution in [0.3, 0.4) is 0 Å². The number of hydrogen-bond acceptors (Lipinski definition) is 2. The minimum absolute atomic E-state index is 0. The van der Waals surface area contributed by atoms with Crippen LogP contribution in [0.25, 0.3) is 0 Å². The molecule has 0 aromatic heterocycles. The molecular formula is C7H12OPdS2. The van der Waals surface area contributed by atoms with Gasteiger partial charge < -0.3 is 23.8 Å². The molecule has 0 heterocycles. The average Bonchev–Trinajstić information content (AvgIpc) is 1.90. The molecule has 0 aromatic rings. The van der Waals surface area contributed by atoms with E-state index in [-0.39, 0.29) is 20.4 Å². The summed E-state index contributed by atoms with van der Waals surface area (Å²) in [7, 11) is 0. The van der Waals surface area contributed by atoms with Crippen LogP contribution in [0.15, 0.2) is 0 Å². The van der Waals surface area contributed by atoms with E-state index >= 15 is 0 Å². The van der Waals surface area contributed by atoms with Gasteiger partial charge in [-0.05, 0) is 0 Å². The number of rotatable bonds is 0. The predicted molar refractivity (Wildman–Crippen MR) is 49.1 cm³/mol. The average molecular weight is 283 g/mol. The quantitative estimate of drug-likeness (QED) is 0.318. The molecule has 0 bridgehead atoms. The zero-order valence-electron chi connectivity index (χ0n) is 6.19. The van der Waals surface area contributed by atoms with Gasteiger partial charge in [0.05, 0.1) is 4.45 Å². The van der Waals surface area contributed by atoms with Crippen molar-refractivity contribution in [2.24, 2.45) is 0 Å². The number of carbonyl (C=O) groups excluding carboxylic acids is 1. The zero-order chi connectivity index (χ0) is 7.82. The third-order valence-electron chi connectivity index (χ3n) is 1.32. The SMILES string of the molecule is O=C([S-])S.[CH-]1CCCCC1.[Pd+2]. The molecule has 1 aliphatic rings. The standard InChI is InChI=1S/C6H11.CH2OS2.Pd/c1-2-4-6-5-3-1;2-1(3)4;/h1H,2-6H2;(H2,2,3,4);/q-1;;+2/p-1. The van der Waals surface area contributed by atoms with Crippen LogP contribution < -0.4 is 0 Å². The fourth-order valence-corrected chi connectivity index (χ4v) is 0.898. The Kier molecular flexibility index (Phi) is 14.3. The molecule has 11 heavy (non-hydrogen) atoms. The van der Waals surface area contributed by atoms with E-state index in [4.69, 9.17) is 4.79 Å². The minimum atomic E-state index is -0.556. The summed E-state index contributed by atoms with van der Waals surface area (Å²) in [6.45, 7) is 0. The van der Waals surface area contributed by atoms with Gasteiger partial charge in [0.15, 0.2) is 0 Å². The van der Waals surface area contributed by atoms with Gasteiger partial charge in [-0.15, -0.1) is 12.6 Å². The van der Waals surface area contributed by atoms with Crippen LogP contribution >= 0.6 is 12.6 Å². The second-order valence-electron chi connectivity index (χ2n) is 2.19. The minimum Gasteiger partial charge on any atom is -0.731 e. The molecule has 1 saturated carbocycles. The Morgan fingerprint density at radius 3 is 1.73 bits per heavy atom. The van der Waals surface area contributed by atoms with Gasteiger partial charge in [-0.3, -0.25) is 0 Å². The molecule has 1 nitrogen and oxygen atoms in total. The van der Waals surface area contributed by atoms with Crippen molar-refractivity contribution in [3.05, 3.63) is 6.42 Å². The molecule has 68 valence electrons. The summed E-state index contributed by atoms with van der Waals surface area (Å²) in [5.74, 6) is 0. The van der Waals surface area contributed by atoms with Crippen molar-refractivity contribution in [2.45, 2.75) is 32.1 Å². The Morgan fingerprint density at radius 2 is 1.64 bits per heavy atom.